The van der Waals surface area contributed by atoms with Gasteiger partial charge in [0.25, 0.3) is 0 Å². The SMILES string of the molecule is O=S=c1c(Cc2ccc(F)cc2)cccn1[O-]. The molecule has 0 bridgehead atoms. The number of hydrogen-bond acceptors (Lipinski definition) is 2. The molecule has 0 spiro atoms. The van der Waals surface area contributed by atoms with Crippen molar-refractivity contribution in [1.82, 2.24) is 4.73 Å². The first-order valence-corrected chi connectivity index (χ1v) is 5.70. The molecule has 0 atom stereocenters. The van der Waals surface area contributed by atoms with Crippen molar-refractivity contribution in [2.75, 3.05) is 0 Å². The van der Waals surface area contributed by atoms with Crippen molar-refractivity contribution in [2.24, 2.45) is 0 Å². The molecule has 3 nitrogen and oxygen atoms in total. The van der Waals surface area contributed by atoms with Crippen molar-refractivity contribution in [3.63, 3.8) is 0 Å². The molecule has 0 aliphatic carbocycles. The van der Waals surface area contributed by atoms with Gasteiger partial charge in [-0.3, -0.25) is 0 Å². The lowest BCUT2D eigenvalue weighted by molar-refractivity contribution is 0.627. The highest BCUT2D eigenvalue weighted by Crippen LogP contribution is 2.10. The van der Waals surface area contributed by atoms with Crippen LogP contribution in [-0.4, -0.2) is 8.94 Å². The van der Waals surface area contributed by atoms with E-state index in [1.54, 1.807) is 24.3 Å². The summed E-state index contributed by atoms with van der Waals surface area (Å²) in [5.41, 5.74) is 1.50. The summed E-state index contributed by atoms with van der Waals surface area (Å²) in [4.78, 5) is 0. The number of benzene rings is 1. The van der Waals surface area contributed by atoms with Crippen LogP contribution in [0.3, 0.4) is 0 Å². The van der Waals surface area contributed by atoms with Crippen LogP contribution in [0.4, 0.5) is 4.39 Å². The quantitative estimate of drug-likeness (QED) is 0.768. The molecule has 2 aromatic rings. The Morgan fingerprint density at radius 1 is 1.24 bits per heavy atom. The highest BCUT2D eigenvalue weighted by Gasteiger charge is 2.00. The molecule has 0 amide bonds. The number of nitrogens with zero attached hydrogens (tertiary/aromatic N) is 1. The molecule has 0 fully saturated rings. The van der Waals surface area contributed by atoms with E-state index in [4.69, 9.17) is 0 Å². The van der Waals surface area contributed by atoms with Crippen molar-refractivity contribution in [1.29, 1.82) is 0 Å². The van der Waals surface area contributed by atoms with Gasteiger partial charge in [0.15, 0.2) is 0 Å². The van der Waals surface area contributed by atoms with E-state index < -0.39 is 0 Å². The molecule has 1 heterocycles. The zero-order valence-electron chi connectivity index (χ0n) is 8.80. The fourth-order valence-corrected chi connectivity index (χ4v) is 1.95. The minimum absolute atomic E-state index is 0.136. The molecule has 0 saturated heterocycles. The molecule has 5 heteroatoms. The third-order valence-electron chi connectivity index (χ3n) is 2.38. The van der Waals surface area contributed by atoms with Gasteiger partial charge in [0.2, 0.25) is 0 Å². The molecule has 0 N–H and O–H groups in total. The second kappa shape index (κ2) is 4.97. The summed E-state index contributed by atoms with van der Waals surface area (Å²) in [6.45, 7) is 0. The van der Waals surface area contributed by atoms with Crippen LogP contribution in [0.2, 0.25) is 0 Å². The van der Waals surface area contributed by atoms with E-state index in [1.165, 1.54) is 18.3 Å². The Kier molecular flexibility index (Phi) is 3.39. The molecule has 0 aliphatic heterocycles. The van der Waals surface area contributed by atoms with Gasteiger partial charge in [0.05, 0.1) is 0 Å². The maximum absolute atomic E-state index is 12.7. The number of hydrogen-bond donors (Lipinski definition) is 0. The topological polar surface area (TPSA) is 45.1 Å². The van der Waals surface area contributed by atoms with Gasteiger partial charge in [-0.05, 0) is 35.5 Å². The van der Waals surface area contributed by atoms with E-state index in [2.05, 4.69) is 0 Å². The van der Waals surface area contributed by atoms with Crippen molar-refractivity contribution in [3.8, 4) is 0 Å². The predicted molar refractivity (Wildman–Crippen MR) is 63.8 cm³/mol. The third kappa shape index (κ3) is 2.62. The molecule has 0 radical (unpaired) electrons. The van der Waals surface area contributed by atoms with E-state index in [-0.39, 0.29) is 21.7 Å². The van der Waals surface area contributed by atoms with E-state index in [0.29, 0.717) is 16.7 Å². The van der Waals surface area contributed by atoms with Crippen LogP contribution in [0.15, 0.2) is 42.6 Å². The standard InChI is InChI=1S/C12H9FNO2S/c13-11-5-3-9(4-6-11)8-10-2-1-7-14(15)12(10)17-16/h1-7H,8H2/q-1. The van der Waals surface area contributed by atoms with Crippen molar-refractivity contribution in [2.45, 2.75) is 6.42 Å². The smallest absolute Gasteiger partial charge is 0.135 e. The van der Waals surface area contributed by atoms with Gasteiger partial charge in [-0.2, -0.15) is 0 Å². The highest BCUT2D eigenvalue weighted by molar-refractivity contribution is 7.56. The maximum Gasteiger partial charge on any atom is 0.135 e. The van der Waals surface area contributed by atoms with Gasteiger partial charge in [-0.1, -0.05) is 18.2 Å². The summed E-state index contributed by atoms with van der Waals surface area (Å²) in [6.07, 6.45) is 1.72. The lowest BCUT2D eigenvalue weighted by Crippen LogP contribution is -1.98. The van der Waals surface area contributed by atoms with Crippen molar-refractivity contribution in [3.05, 3.63) is 69.4 Å². The van der Waals surface area contributed by atoms with Crippen molar-refractivity contribution >= 4 is 11.3 Å². The Morgan fingerprint density at radius 3 is 2.59 bits per heavy atom. The van der Waals surface area contributed by atoms with Crippen LogP contribution in [-0.2, 0) is 17.7 Å². The molecule has 17 heavy (non-hydrogen) atoms. The highest BCUT2D eigenvalue weighted by atomic mass is 32.1. The first-order chi connectivity index (χ1) is 8.20. The van der Waals surface area contributed by atoms with Gasteiger partial charge in [-0.15, -0.1) is 0 Å². The predicted octanol–water partition coefficient (Wildman–Crippen LogP) is 2.31. The molecule has 2 rings (SSSR count). The number of aromatic nitrogens is 1. The molecular formula is C12H9FNO2S-. The van der Waals surface area contributed by atoms with Crippen LogP contribution in [0, 0.1) is 15.7 Å². The van der Waals surface area contributed by atoms with Gasteiger partial charge >= 0.3 is 0 Å². The summed E-state index contributed by atoms with van der Waals surface area (Å²) in [5.74, 6) is -0.306. The molecule has 88 valence electrons. The molecule has 1 aromatic carbocycles. The maximum atomic E-state index is 12.7. The second-order valence-corrected chi connectivity index (χ2v) is 4.10. The second-order valence-electron chi connectivity index (χ2n) is 3.55. The third-order valence-corrected chi connectivity index (χ3v) is 2.98. The fraction of sp³-hybridized carbons (Fsp3) is 0.0833. The van der Waals surface area contributed by atoms with Crippen molar-refractivity contribution < 1.29 is 8.60 Å². The Hall–Kier alpha value is -1.88. The van der Waals surface area contributed by atoms with E-state index in [1.807, 2.05) is 0 Å². The molecule has 0 aliphatic rings. The van der Waals surface area contributed by atoms with Crippen LogP contribution < -0.4 is 0 Å². The normalized spacial score (nSPS) is 10.2. The zero-order chi connectivity index (χ0) is 12.3. The van der Waals surface area contributed by atoms with Gasteiger partial charge in [-0.25, -0.2) is 8.60 Å². The van der Waals surface area contributed by atoms with Gasteiger partial charge in [0, 0.05) is 6.42 Å². The van der Waals surface area contributed by atoms with E-state index >= 15 is 0 Å². The summed E-state index contributed by atoms with van der Waals surface area (Å²) < 4.78 is 24.3. The zero-order valence-corrected chi connectivity index (χ0v) is 9.61. The summed E-state index contributed by atoms with van der Waals surface area (Å²) >= 11 is 0.171. The number of halogens is 1. The molecule has 0 saturated carbocycles. The van der Waals surface area contributed by atoms with Crippen LogP contribution in [0.1, 0.15) is 11.1 Å². The summed E-state index contributed by atoms with van der Waals surface area (Å²) in [7, 11) is 0. The Morgan fingerprint density at radius 2 is 1.94 bits per heavy atom. The summed E-state index contributed by atoms with van der Waals surface area (Å²) in [5, 5.41) is 11.4. The molecule has 0 unspecified atom stereocenters. The molecular weight excluding hydrogens is 241 g/mol. The first kappa shape index (κ1) is 11.6. The van der Waals surface area contributed by atoms with Crippen LogP contribution in [0.25, 0.3) is 0 Å². The Labute approximate surface area is 101 Å². The minimum atomic E-state index is -0.306. The lowest BCUT2D eigenvalue weighted by Gasteiger charge is -2.12. The minimum Gasteiger partial charge on any atom is -0.805 e. The monoisotopic (exact) mass is 250 g/mol. The van der Waals surface area contributed by atoms with Crippen LogP contribution >= 0.6 is 0 Å². The Balaban J connectivity index is 2.40. The average molecular weight is 250 g/mol. The largest absolute Gasteiger partial charge is 0.805 e. The number of rotatable bonds is 2. The van der Waals surface area contributed by atoms with Crippen LogP contribution in [0.5, 0.6) is 0 Å². The Bertz CT molecular complexity index is 615. The summed E-state index contributed by atoms with van der Waals surface area (Å²) in [6, 6.07) is 9.29. The number of pyridine rings is 1. The molecule has 1 aromatic heterocycles. The lowest BCUT2D eigenvalue weighted by atomic mass is 10.1. The van der Waals surface area contributed by atoms with E-state index in [9.17, 15) is 13.8 Å². The van der Waals surface area contributed by atoms with Gasteiger partial charge < -0.3 is 9.94 Å². The fourth-order valence-electron chi connectivity index (χ4n) is 1.56. The average Bonchev–Trinajstić information content (AvgIpc) is 2.32. The van der Waals surface area contributed by atoms with Gasteiger partial charge in [0.1, 0.15) is 21.7 Å². The first-order valence-electron chi connectivity index (χ1n) is 4.96. The van der Waals surface area contributed by atoms with E-state index in [0.717, 1.165) is 5.56 Å².